The number of nitrogens with one attached hydrogen (secondary N) is 1. The van der Waals surface area contributed by atoms with Gasteiger partial charge in [0, 0.05) is 40.0 Å². The molecular weight excluding hydrogens is 226 g/mol. The molecule has 0 aliphatic carbocycles. The van der Waals surface area contributed by atoms with E-state index in [9.17, 15) is 0 Å². The number of hydrogen-bond donors (Lipinski definition) is 1. The average molecular weight is 251 g/mol. The summed E-state index contributed by atoms with van der Waals surface area (Å²) in [5.74, 6) is 1.68. The Morgan fingerprint density at radius 1 is 1.39 bits per heavy atom. The number of pyridine rings is 1. The van der Waals surface area contributed by atoms with Gasteiger partial charge in [0.1, 0.15) is 5.82 Å². The van der Waals surface area contributed by atoms with Crippen LogP contribution in [0.1, 0.15) is 19.4 Å². The van der Waals surface area contributed by atoms with Crippen LogP contribution in [0.2, 0.25) is 0 Å². The Bertz CT molecular complexity index is 324. The second-order valence-corrected chi connectivity index (χ2v) is 4.97. The van der Waals surface area contributed by atoms with Gasteiger partial charge in [-0.3, -0.25) is 0 Å². The van der Waals surface area contributed by atoms with Crippen LogP contribution in [0.15, 0.2) is 18.3 Å². The zero-order valence-electron chi connectivity index (χ0n) is 11.9. The molecule has 0 atom stereocenters. The van der Waals surface area contributed by atoms with Crippen LogP contribution in [0.5, 0.6) is 0 Å². The lowest BCUT2D eigenvalue weighted by molar-refractivity contribution is 0.199. The minimum atomic E-state index is 0.646. The van der Waals surface area contributed by atoms with E-state index in [0.29, 0.717) is 5.92 Å². The summed E-state index contributed by atoms with van der Waals surface area (Å²) in [5, 5.41) is 3.30. The van der Waals surface area contributed by atoms with Gasteiger partial charge in [-0.1, -0.05) is 19.9 Å². The van der Waals surface area contributed by atoms with E-state index in [4.69, 9.17) is 4.74 Å². The molecule has 0 aliphatic rings. The van der Waals surface area contributed by atoms with E-state index in [1.54, 1.807) is 7.11 Å². The minimum absolute atomic E-state index is 0.646. The molecule has 1 heterocycles. The van der Waals surface area contributed by atoms with Gasteiger partial charge >= 0.3 is 0 Å². The Kier molecular flexibility index (Phi) is 6.68. The van der Waals surface area contributed by atoms with Crippen molar-refractivity contribution < 1.29 is 4.74 Å². The molecule has 4 nitrogen and oxygen atoms in total. The average Bonchev–Trinajstić information content (AvgIpc) is 2.34. The summed E-state index contributed by atoms with van der Waals surface area (Å²) < 4.78 is 4.98. The zero-order valence-corrected chi connectivity index (χ0v) is 11.9. The molecule has 0 fully saturated rings. The predicted molar refractivity (Wildman–Crippen MR) is 75.9 cm³/mol. The van der Waals surface area contributed by atoms with Crippen molar-refractivity contribution in [2.75, 3.05) is 38.8 Å². The fraction of sp³-hybridized carbons (Fsp3) is 0.643. The van der Waals surface area contributed by atoms with Gasteiger partial charge in [-0.2, -0.15) is 0 Å². The summed E-state index contributed by atoms with van der Waals surface area (Å²) in [4.78, 5) is 6.67. The van der Waals surface area contributed by atoms with Crippen molar-refractivity contribution in [1.82, 2.24) is 10.3 Å². The van der Waals surface area contributed by atoms with E-state index in [1.807, 2.05) is 6.20 Å². The predicted octanol–water partition coefficient (Wildman–Crippen LogP) is 1.91. The smallest absolute Gasteiger partial charge is 0.128 e. The molecule has 0 aliphatic heterocycles. The van der Waals surface area contributed by atoms with Crippen molar-refractivity contribution >= 4 is 5.82 Å². The van der Waals surface area contributed by atoms with Crippen LogP contribution in [0.4, 0.5) is 5.82 Å². The molecule has 0 bridgehead atoms. The molecule has 1 rings (SSSR count). The first kappa shape index (κ1) is 14.9. The number of nitrogens with zero attached hydrogens (tertiary/aromatic N) is 2. The molecule has 1 aromatic heterocycles. The first-order valence-electron chi connectivity index (χ1n) is 6.49. The topological polar surface area (TPSA) is 37.4 Å². The van der Waals surface area contributed by atoms with Crippen molar-refractivity contribution in [2.45, 2.75) is 20.4 Å². The molecule has 1 aromatic rings. The highest BCUT2D eigenvalue weighted by Gasteiger charge is 2.04. The van der Waals surface area contributed by atoms with E-state index in [-0.39, 0.29) is 0 Å². The molecule has 0 aromatic carbocycles. The van der Waals surface area contributed by atoms with Gasteiger partial charge in [-0.25, -0.2) is 4.98 Å². The van der Waals surface area contributed by atoms with Crippen LogP contribution in [0.3, 0.4) is 0 Å². The molecule has 0 unspecified atom stereocenters. The number of hydrogen-bond acceptors (Lipinski definition) is 4. The highest BCUT2D eigenvalue weighted by Crippen LogP contribution is 2.11. The number of ether oxygens (including phenoxy) is 1. The summed E-state index contributed by atoms with van der Waals surface area (Å²) in [6.45, 7) is 7.90. The van der Waals surface area contributed by atoms with Gasteiger partial charge in [0.15, 0.2) is 0 Å². The first-order valence-corrected chi connectivity index (χ1v) is 6.49. The lowest BCUT2D eigenvalue weighted by Gasteiger charge is -2.20. The van der Waals surface area contributed by atoms with Crippen molar-refractivity contribution in [3.8, 4) is 0 Å². The third-order valence-corrected chi connectivity index (χ3v) is 2.65. The van der Waals surface area contributed by atoms with Gasteiger partial charge < -0.3 is 15.0 Å². The molecule has 4 heteroatoms. The second-order valence-electron chi connectivity index (χ2n) is 4.97. The van der Waals surface area contributed by atoms with Crippen LogP contribution in [-0.4, -0.2) is 38.8 Å². The van der Waals surface area contributed by atoms with E-state index >= 15 is 0 Å². The van der Waals surface area contributed by atoms with Crippen molar-refractivity contribution in [3.63, 3.8) is 0 Å². The molecular formula is C14H25N3O. The Morgan fingerprint density at radius 2 is 2.17 bits per heavy atom. The van der Waals surface area contributed by atoms with Crippen LogP contribution < -0.4 is 10.2 Å². The minimum Gasteiger partial charge on any atom is -0.383 e. The number of aromatic nitrogens is 1. The van der Waals surface area contributed by atoms with Gasteiger partial charge in [0.05, 0.1) is 6.61 Å². The van der Waals surface area contributed by atoms with Crippen molar-refractivity contribution in [1.29, 1.82) is 0 Å². The first-order chi connectivity index (χ1) is 8.63. The fourth-order valence-electron chi connectivity index (χ4n) is 1.80. The van der Waals surface area contributed by atoms with E-state index in [0.717, 1.165) is 32.1 Å². The number of anilines is 1. The molecule has 0 radical (unpaired) electrons. The number of rotatable bonds is 8. The Hall–Kier alpha value is -1.13. The van der Waals surface area contributed by atoms with Crippen molar-refractivity contribution in [3.05, 3.63) is 23.9 Å². The van der Waals surface area contributed by atoms with Gasteiger partial charge in [0.25, 0.3) is 0 Å². The largest absolute Gasteiger partial charge is 0.383 e. The summed E-state index contributed by atoms with van der Waals surface area (Å²) in [7, 11) is 3.79. The quantitative estimate of drug-likeness (QED) is 0.716. The van der Waals surface area contributed by atoms with Crippen LogP contribution in [0, 0.1) is 5.92 Å². The van der Waals surface area contributed by atoms with Gasteiger partial charge in [0.2, 0.25) is 0 Å². The summed E-state index contributed by atoms with van der Waals surface area (Å²) in [6, 6.07) is 4.20. The van der Waals surface area contributed by atoms with Crippen LogP contribution in [0.25, 0.3) is 0 Å². The summed E-state index contributed by atoms with van der Waals surface area (Å²) >= 11 is 0. The highest BCUT2D eigenvalue weighted by atomic mass is 16.5. The third-order valence-electron chi connectivity index (χ3n) is 2.65. The molecule has 18 heavy (non-hydrogen) atoms. The normalized spacial score (nSPS) is 10.9. The Morgan fingerprint density at radius 3 is 2.72 bits per heavy atom. The van der Waals surface area contributed by atoms with E-state index in [1.165, 1.54) is 5.56 Å². The van der Waals surface area contributed by atoms with Gasteiger partial charge in [-0.15, -0.1) is 0 Å². The molecule has 0 saturated carbocycles. The molecule has 102 valence electrons. The van der Waals surface area contributed by atoms with E-state index < -0.39 is 0 Å². The lowest BCUT2D eigenvalue weighted by Crippen LogP contribution is -2.23. The van der Waals surface area contributed by atoms with Crippen molar-refractivity contribution in [2.24, 2.45) is 5.92 Å². The third kappa shape index (κ3) is 5.47. The lowest BCUT2D eigenvalue weighted by atomic mass is 10.2. The maximum atomic E-state index is 4.98. The van der Waals surface area contributed by atoms with Crippen LogP contribution >= 0.6 is 0 Å². The zero-order chi connectivity index (χ0) is 13.4. The monoisotopic (exact) mass is 251 g/mol. The SMILES string of the molecule is COCCNCc1ccc(N(C)CC(C)C)nc1. The maximum absolute atomic E-state index is 4.98. The molecule has 0 spiro atoms. The molecule has 1 N–H and O–H groups in total. The van der Waals surface area contributed by atoms with Gasteiger partial charge in [-0.05, 0) is 17.5 Å². The Labute approximate surface area is 110 Å². The number of methoxy groups -OCH3 is 1. The summed E-state index contributed by atoms with van der Waals surface area (Å²) in [5.41, 5.74) is 1.20. The fourth-order valence-corrected chi connectivity index (χ4v) is 1.80. The Balaban J connectivity index is 2.42. The van der Waals surface area contributed by atoms with Crippen LogP contribution in [-0.2, 0) is 11.3 Å². The van der Waals surface area contributed by atoms with E-state index in [2.05, 4.69) is 48.2 Å². The molecule has 0 amide bonds. The molecule has 0 saturated heterocycles. The summed E-state index contributed by atoms with van der Waals surface area (Å²) in [6.07, 6.45) is 1.94. The standard InChI is InChI=1S/C14H25N3O/c1-12(2)11-17(3)14-6-5-13(10-16-14)9-15-7-8-18-4/h5-6,10,12,15H,7-9,11H2,1-4H3. The second kappa shape index (κ2) is 8.06. The maximum Gasteiger partial charge on any atom is 0.128 e. The highest BCUT2D eigenvalue weighted by molar-refractivity contribution is 5.38.